The minimum Gasteiger partial charge on any atom is -0.338 e. The van der Waals surface area contributed by atoms with E-state index in [1.807, 2.05) is 4.90 Å². The first kappa shape index (κ1) is 19.1. The SMILES string of the molecule is O=C(CSCC(=O)N1CCN(c2ncccn2)CC1)Nc1ccc(F)cc1. The summed E-state index contributed by atoms with van der Waals surface area (Å²) in [6.07, 6.45) is 3.40. The topological polar surface area (TPSA) is 78.4 Å². The summed E-state index contributed by atoms with van der Waals surface area (Å²) in [5.74, 6) is 0.539. The molecule has 1 fully saturated rings. The Labute approximate surface area is 161 Å². The van der Waals surface area contributed by atoms with Crippen molar-refractivity contribution in [2.75, 3.05) is 47.9 Å². The smallest absolute Gasteiger partial charge is 0.234 e. The third-order valence-corrected chi connectivity index (χ3v) is 4.97. The number of nitrogens with zero attached hydrogens (tertiary/aromatic N) is 4. The Morgan fingerprint density at radius 1 is 1.04 bits per heavy atom. The van der Waals surface area contributed by atoms with Crippen LogP contribution in [0.5, 0.6) is 0 Å². The number of anilines is 2. The van der Waals surface area contributed by atoms with Crippen LogP contribution >= 0.6 is 11.8 Å². The van der Waals surface area contributed by atoms with Crippen LogP contribution in [0.1, 0.15) is 0 Å². The van der Waals surface area contributed by atoms with Crippen LogP contribution < -0.4 is 10.2 Å². The molecule has 142 valence electrons. The maximum Gasteiger partial charge on any atom is 0.234 e. The van der Waals surface area contributed by atoms with Crippen LogP contribution in [0, 0.1) is 5.82 Å². The van der Waals surface area contributed by atoms with Crippen molar-refractivity contribution in [3.8, 4) is 0 Å². The highest BCUT2D eigenvalue weighted by Crippen LogP contribution is 2.12. The second-order valence-electron chi connectivity index (χ2n) is 5.96. The Hall–Kier alpha value is -2.68. The predicted octanol–water partition coefficient (Wildman–Crippen LogP) is 1.64. The molecule has 1 saturated heterocycles. The van der Waals surface area contributed by atoms with Crippen molar-refractivity contribution in [3.05, 3.63) is 48.5 Å². The van der Waals surface area contributed by atoms with Crippen molar-refractivity contribution in [2.45, 2.75) is 0 Å². The number of benzene rings is 1. The summed E-state index contributed by atoms with van der Waals surface area (Å²) < 4.78 is 12.8. The van der Waals surface area contributed by atoms with Gasteiger partial charge in [-0.2, -0.15) is 0 Å². The number of thioether (sulfide) groups is 1. The Morgan fingerprint density at radius 2 is 1.70 bits per heavy atom. The number of halogens is 1. The van der Waals surface area contributed by atoms with Gasteiger partial charge in [0.15, 0.2) is 0 Å². The van der Waals surface area contributed by atoms with Crippen LogP contribution in [-0.4, -0.2) is 64.4 Å². The normalized spacial score (nSPS) is 14.1. The van der Waals surface area contributed by atoms with Gasteiger partial charge in [-0.15, -0.1) is 11.8 Å². The second-order valence-corrected chi connectivity index (χ2v) is 6.95. The van der Waals surface area contributed by atoms with Gasteiger partial charge in [-0.1, -0.05) is 0 Å². The molecule has 0 unspecified atom stereocenters. The molecule has 7 nitrogen and oxygen atoms in total. The third kappa shape index (κ3) is 5.65. The fourth-order valence-electron chi connectivity index (χ4n) is 2.66. The lowest BCUT2D eigenvalue weighted by atomic mass is 10.3. The maximum atomic E-state index is 12.8. The van der Waals surface area contributed by atoms with Crippen molar-refractivity contribution in [1.29, 1.82) is 0 Å². The zero-order chi connectivity index (χ0) is 19.1. The summed E-state index contributed by atoms with van der Waals surface area (Å²) in [5.41, 5.74) is 0.535. The molecule has 27 heavy (non-hydrogen) atoms. The molecule has 1 aliphatic rings. The van der Waals surface area contributed by atoms with E-state index in [1.54, 1.807) is 23.4 Å². The fraction of sp³-hybridized carbons (Fsp3) is 0.333. The minimum absolute atomic E-state index is 0.0169. The van der Waals surface area contributed by atoms with Gasteiger partial charge < -0.3 is 15.1 Å². The lowest BCUT2D eigenvalue weighted by Crippen LogP contribution is -2.49. The molecule has 3 rings (SSSR count). The van der Waals surface area contributed by atoms with E-state index in [4.69, 9.17) is 0 Å². The molecule has 0 bridgehead atoms. The molecule has 0 radical (unpaired) electrons. The van der Waals surface area contributed by atoms with Crippen LogP contribution in [0.4, 0.5) is 16.0 Å². The Bertz CT molecular complexity index is 767. The first-order valence-corrected chi connectivity index (χ1v) is 9.70. The van der Waals surface area contributed by atoms with Crippen LogP contribution in [0.25, 0.3) is 0 Å². The lowest BCUT2D eigenvalue weighted by molar-refractivity contribution is -0.128. The highest BCUT2D eigenvalue weighted by atomic mass is 32.2. The predicted molar refractivity (Wildman–Crippen MR) is 103 cm³/mol. The standard InChI is InChI=1S/C18H20FN5O2S/c19-14-2-4-15(5-3-14)22-16(25)12-27-13-17(26)23-8-10-24(11-9-23)18-20-6-1-7-21-18/h1-7H,8-13H2,(H,22,25). The number of amides is 2. The first-order chi connectivity index (χ1) is 13.1. The molecule has 9 heteroatoms. The van der Waals surface area contributed by atoms with Crippen LogP contribution in [0.2, 0.25) is 0 Å². The zero-order valence-electron chi connectivity index (χ0n) is 14.7. The number of carbonyl (C=O) groups excluding carboxylic acids is 2. The highest BCUT2D eigenvalue weighted by Gasteiger charge is 2.22. The monoisotopic (exact) mass is 389 g/mol. The molecule has 1 aromatic heterocycles. The van der Waals surface area contributed by atoms with E-state index >= 15 is 0 Å². The molecule has 2 aromatic rings. The van der Waals surface area contributed by atoms with E-state index in [2.05, 4.69) is 15.3 Å². The van der Waals surface area contributed by atoms with Gasteiger partial charge in [-0.05, 0) is 30.3 Å². The molecule has 1 aromatic carbocycles. The first-order valence-electron chi connectivity index (χ1n) is 8.55. The van der Waals surface area contributed by atoms with Crippen molar-refractivity contribution in [3.63, 3.8) is 0 Å². The Morgan fingerprint density at radius 3 is 2.37 bits per heavy atom. The van der Waals surface area contributed by atoms with E-state index in [0.717, 1.165) is 0 Å². The summed E-state index contributed by atoms with van der Waals surface area (Å²) in [5, 5.41) is 2.67. The summed E-state index contributed by atoms with van der Waals surface area (Å²) >= 11 is 1.27. The molecular weight excluding hydrogens is 369 g/mol. The number of aromatic nitrogens is 2. The van der Waals surface area contributed by atoms with Gasteiger partial charge in [0.25, 0.3) is 0 Å². The summed E-state index contributed by atoms with van der Waals surface area (Å²) in [4.78, 5) is 36.5. The van der Waals surface area contributed by atoms with Crippen molar-refractivity contribution in [2.24, 2.45) is 0 Å². The number of hydrogen-bond acceptors (Lipinski definition) is 6. The Balaban J connectivity index is 1.36. The van der Waals surface area contributed by atoms with Crippen molar-refractivity contribution in [1.82, 2.24) is 14.9 Å². The van der Waals surface area contributed by atoms with E-state index in [-0.39, 0.29) is 29.1 Å². The van der Waals surface area contributed by atoms with Gasteiger partial charge in [0.2, 0.25) is 17.8 Å². The molecular formula is C18H20FN5O2S. The number of nitrogens with one attached hydrogen (secondary N) is 1. The molecule has 2 heterocycles. The maximum absolute atomic E-state index is 12.8. The molecule has 0 aliphatic carbocycles. The zero-order valence-corrected chi connectivity index (χ0v) is 15.5. The number of rotatable bonds is 6. The largest absolute Gasteiger partial charge is 0.338 e. The van der Waals surface area contributed by atoms with Crippen molar-refractivity contribution < 1.29 is 14.0 Å². The lowest BCUT2D eigenvalue weighted by Gasteiger charge is -2.34. The number of carbonyl (C=O) groups is 2. The molecule has 0 spiro atoms. The van der Waals surface area contributed by atoms with Gasteiger partial charge in [-0.3, -0.25) is 9.59 Å². The highest BCUT2D eigenvalue weighted by molar-refractivity contribution is 8.00. The molecule has 1 N–H and O–H groups in total. The van der Waals surface area contributed by atoms with Crippen LogP contribution in [0.3, 0.4) is 0 Å². The summed E-state index contributed by atoms with van der Waals surface area (Å²) in [7, 11) is 0. The van der Waals surface area contributed by atoms with Gasteiger partial charge in [0.05, 0.1) is 11.5 Å². The van der Waals surface area contributed by atoms with Gasteiger partial charge in [0.1, 0.15) is 5.82 Å². The fourth-order valence-corrected chi connectivity index (χ4v) is 3.38. The number of hydrogen-bond donors (Lipinski definition) is 1. The molecule has 2 amide bonds. The quantitative estimate of drug-likeness (QED) is 0.809. The van der Waals surface area contributed by atoms with Gasteiger partial charge >= 0.3 is 0 Å². The van der Waals surface area contributed by atoms with E-state index in [1.165, 1.54) is 36.0 Å². The average molecular weight is 389 g/mol. The average Bonchev–Trinajstić information content (AvgIpc) is 2.70. The minimum atomic E-state index is -0.355. The van der Waals surface area contributed by atoms with Crippen LogP contribution in [-0.2, 0) is 9.59 Å². The second kappa shape index (κ2) is 9.31. The van der Waals surface area contributed by atoms with E-state index in [9.17, 15) is 14.0 Å². The van der Waals surface area contributed by atoms with Gasteiger partial charge in [-0.25, -0.2) is 14.4 Å². The molecule has 1 aliphatic heterocycles. The summed E-state index contributed by atoms with van der Waals surface area (Å²) in [6.45, 7) is 2.59. The van der Waals surface area contributed by atoms with Crippen molar-refractivity contribution >= 4 is 35.2 Å². The van der Waals surface area contributed by atoms with Crippen LogP contribution in [0.15, 0.2) is 42.7 Å². The van der Waals surface area contributed by atoms with E-state index in [0.29, 0.717) is 37.8 Å². The molecule has 0 saturated carbocycles. The molecule has 0 atom stereocenters. The third-order valence-electron chi connectivity index (χ3n) is 4.05. The summed E-state index contributed by atoms with van der Waals surface area (Å²) in [6, 6.07) is 7.34. The Kier molecular flexibility index (Phi) is 6.59. The van der Waals surface area contributed by atoms with Gasteiger partial charge in [0, 0.05) is 44.3 Å². The van der Waals surface area contributed by atoms with E-state index < -0.39 is 0 Å². The number of piperazine rings is 1.